The first kappa shape index (κ1) is 20.7. The van der Waals surface area contributed by atoms with Gasteiger partial charge in [-0.25, -0.2) is 0 Å². The molecule has 1 heterocycles. The average Bonchev–Trinajstić information content (AvgIpc) is 2.77. The summed E-state index contributed by atoms with van der Waals surface area (Å²) in [7, 11) is 0. The van der Waals surface area contributed by atoms with E-state index >= 15 is 0 Å². The minimum Gasteiger partial charge on any atom is -0.350 e. The van der Waals surface area contributed by atoms with Gasteiger partial charge in [-0.15, -0.1) is 11.8 Å². The van der Waals surface area contributed by atoms with Gasteiger partial charge in [0.15, 0.2) is 0 Å². The monoisotopic (exact) mass is 420 g/mol. The molecule has 2 unspecified atom stereocenters. The Morgan fingerprint density at radius 2 is 1.83 bits per heavy atom. The van der Waals surface area contributed by atoms with Crippen LogP contribution in [0.3, 0.4) is 0 Å². The van der Waals surface area contributed by atoms with E-state index in [0.29, 0.717) is 11.8 Å². The van der Waals surface area contributed by atoms with Crippen LogP contribution in [0.5, 0.6) is 0 Å². The van der Waals surface area contributed by atoms with Crippen LogP contribution >= 0.6 is 11.8 Å². The lowest BCUT2D eigenvalue weighted by Crippen LogP contribution is -2.54. The van der Waals surface area contributed by atoms with Crippen LogP contribution in [0.2, 0.25) is 0 Å². The molecule has 2 fully saturated rings. The number of hydrogen-bond donors (Lipinski definition) is 1. The summed E-state index contributed by atoms with van der Waals surface area (Å²) < 4.78 is 0. The molecular weight excluding hydrogens is 392 g/mol. The first-order valence-corrected chi connectivity index (χ1v) is 11.5. The minimum absolute atomic E-state index is 0.0162. The molecule has 5 heteroatoms. The molecular formula is C25H28N2O2S. The molecule has 0 aromatic heterocycles. The SMILES string of the molecule is Cc1ccc(CNC(=O)CN2C(=O)/C(=C/c3ccccc3)SC3CCCCC32)cc1. The Bertz CT molecular complexity index is 924. The third kappa shape index (κ3) is 4.96. The van der Waals surface area contributed by atoms with Crippen LogP contribution in [0.15, 0.2) is 59.5 Å². The van der Waals surface area contributed by atoms with Gasteiger partial charge in [0.25, 0.3) is 5.91 Å². The molecule has 2 atom stereocenters. The maximum atomic E-state index is 13.3. The molecule has 0 radical (unpaired) electrons. The van der Waals surface area contributed by atoms with Crippen molar-refractivity contribution in [3.63, 3.8) is 0 Å². The summed E-state index contributed by atoms with van der Waals surface area (Å²) in [6.07, 6.45) is 6.35. The van der Waals surface area contributed by atoms with E-state index in [0.717, 1.165) is 35.3 Å². The molecule has 2 aromatic rings. The molecule has 2 aliphatic rings. The summed E-state index contributed by atoms with van der Waals surface area (Å²) in [5.74, 6) is -0.114. The zero-order valence-corrected chi connectivity index (χ0v) is 18.2. The lowest BCUT2D eigenvalue weighted by molar-refractivity contribution is -0.135. The summed E-state index contributed by atoms with van der Waals surface area (Å²) >= 11 is 1.70. The maximum absolute atomic E-state index is 13.3. The van der Waals surface area contributed by atoms with Gasteiger partial charge in [-0.1, -0.05) is 73.0 Å². The second kappa shape index (κ2) is 9.52. The molecule has 156 valence electrons. The highest BCUT2D eigenvalue weighted by atomic mass is 32.2. The summed E-state index contributed by atoms with van der Waals surface area (Å²) in [6, 6.07) is 18.2. The number of benzene rings is 2. The molecule has 1 saturated carbocycles. The Balaban J connectivity index is 1.47. The first-order valence-electron chi connectivity index (χ1n) is 10.7. The second-order valence-corrected chi connectivity index (χ2v) is 9.40. The fraction of sp³-hybridized carbons (Fsp3) is 0.360. The summed E-state index contributed by atoms with van der Waals surface area (Å²) in [4.78, 5) is 28.6. The molecule has 4 rings (SSSR count). The largest absolute Gasteiger partial charge is 0.350 e. The smallest absolute Gasteiger partial charge is 0.261 e. The predicted molar refractivity (Wildman–Crippen MR) is 123 cm³/mol. The molecule has 2 aromatic carbocycles. The van der Waals surface area contributed by atoms with Crippen LogP contribution < -0.4 is 5.32 Å². The number of hydrogen-bond acceptors (Lipinski definition) is 3. The number of carbonyl (C=O) groups is 2. The molecule has 30 heavy (non-hydrogen) atoms. The maximum Gasteiger partial charge on any atom is 0.261 e. The van der Waals surface area contributed by atoms with Crippen LogP contribution in [0.1, 0.15) is 42.4 Å². The highest BCUT2D eigenvalue weighted by Gasteiger charge is 2.41. The van der Waals surface area contributed by atoms with E-state index in [2.05, 4.69) is 5.32 Å². The Morgan fingerprint density at radius 3 is 2.60 bits per heavy atom. The van der Waals surface area contributed by atoms with E-state index in [1.54, 1.807) is 11.8 Å². The zero-order valence-electron chi connectivity index (χ0n) is 17.3. The topological polar surface area (TPSA) is 49.4 Å². The zero-order chi connectivity index (χ0) is 20.9. The van der Waals surface area contributed by atoms with Gasteiger partial charge in [-0.3, -0.25) is 9.59 Å². The fourth-order valence-electron chi connectivity index (χ4n) is 4.18. The third-order valence-electron chi connectivity index (χ3n) is 5.84. The van der Waals surface area contributed by atoms with Gasteiger partial charge in [-0.05, 0) is 37.0 Å². The number of amides is 2. The van der Waals surface area contributed by atoms with Gasteiger partial charge in [-0.2, -0.15) is 0 Å². The van der Waals surface area contributed by atoms with Gasteiger partial charge < -0.3 is 10.2 Å². The molecule has 0 spiro atoms. The van der Waals surface area contributed by atoms with Crippen molar-refractivity contribution in [1.29, 1.82) is 0 Å². The van der Waals surface area contributed by atoms with E-state index in [1.807, 2.05) is 72.5 Å². The number of aryl methyl sites for hydroxylation is 1. The third-order valence-corrected chi connectivity index (χ3v) is 7.24. The van der Waals surface area contributed by atoms with Gasteiger partial charge in [0.2, 0.25) is 5.91 Å². The van der Waals surface area contributed by atoms with Crippen molar-refractivity contribution in [3.8, 4) is 0 Å². The highest BCUT2D eigenvalue weighted by Crippen LogP contribution is 2.42. The van der Waals surface area contributed by atoms with E-state index in [1.165, 1.54) is 12.0 Å². The van der Waals surface area contributed by atoms with E-state index in [4.69, 9.17) is 0 Å². The van der Waals surface area contributed by atoms with Crippen molar-refractivity contribution in [2.75, 3.05) is 6.54 Å². The van der Waals surface area contributed by atoms with E-state index in [9.17, 15) is 9.59 Å². The molecule has 0 bridgehead atoms. The molecule has 1 aliphatic heterocycles. The van der Waals surface area contributed by atoms with Gasteiger partial charge >= 0.3 is 0 Å². The van der Waals surface area contributed by atoms with Crippen molar-refractivity contribution in [1.82, 2.24) is 10.2 Å². The first-order chi connectivity index (χ1) is 14.6. The normalized spacial score (nSPS) is 22.6. The van der Waals surface area contributed by atoms with Crippen LogP contribution in [-0.4, -0.2) is 34.6 Å². The van der Waals surface area contributed by atoms with Gasteiger partial charge in [0, 0.05) is 17.8 Å². The number of fused-ring (bicyclic) bond motifs is 1. The van der Waals surface area contributed by atoms with Crippen molar-refractivity contribution in [2.45, 2.75) is 50.4 Å². The van der Waals surface area contributed by atoms with Crippen LogP contribution in [0.25, 0.3) is 6.08 Å². The average molecular weight is 421 g/mol. The lowest BCUT2D eigenvalue weighted by atomic mass is 9.93. The van der Waals surface area contributed by atoms with Crippen molar-refractivity contribution in [2.24, 2.45) is 0 Å². The number of nitrogens with one attached hydrogen (secondary N) is 1. The van der Waals surface area contributed by atoms with Crippen LogP contribution in [0.4, 0.5) is 0 Å². The highest BCUT2D eigenvalue weighted by molar-refractivity contribution is 8.04. The molecule has 4 nitrogen and oxygen atoms in total. The molecule has 1 saturated heterocycles. The van der Waals surface area contributed by atoms with E-state index < -0.39 is 0 Å². The molecule has 1 aliphatic carbocycles. The number of thioether (sulfide) groups is 1. The summed E-state index contributed by atoms with van der Waals surface area (Å²) in [5.41, 5.74) is 3.28. The second-order valence-electron chi connectivity index (χ2n) is 8.12. The van der Waals surface area contributed by atoms with Crippen LogP contribution in [-0.2, 0) is 16.1 Å². The fourth-order valence-corrected chi connectivity index (χ4v) is 5.65. The Labute approximate surface area is 182 Å². The minimum atomic E-state index is -0.0980. The Hall–Kier alpha value is -2.53. The number of nitrogens with zero attached hydrogens (tertiary/aromatic N) is 1. The van der Waals surface area contributed by atoms with Crippen LogP contribution in [0, 0.1) is 6.92 Å². The summed E-state index contributed by atoms with van der Waals surface area (Å²) in [5, 5.41) is 3.36. The van der Waals surface area contributed by atoms with E-state index in [-0.39, 0.29) is 24.4 Å². The Kier molecular flexibility index (Phi) is 6.58. The standard InChI is InChI=1S/C25H28N2O2S/c1-18-11-13-20(14-12-18)16-26-24(28)17-27-21-9-5-6-10-22(21)30-23(25(27)29)15-19-7-3-2-4-8-19/h2-4,7-8,11-15,21-22H,5-6,9-10,16-17H2,1H3,(H,26,28)/b23-15-. The Morgan fingerprint density at radius 1 is 1.10 bits per heavy atom. The van der Waals surface area contributed by atoms with Crippen molar-refractivity contribution < 1.29 is 9.59 Å². The lowest BCUT2D eigenvalue weighted by Gasteiger charge is -2.43. The number of carbonyl (C=O) groups excluding carboxylic acids is 2. The van der Waals surface area contributed by atoms with Gasteiger partial charge in [0.05, 0.1) is 4.91 Å². The molecule has 1 N–H and O–H groups in total. The summed E-state index contributed by atoms with van der Waals surface area (Å²) in [6.45, 7) is 2.65. The van der Waals surface area contributed by atoms with Crippen molar-refractivity contribution >= 4 is 29.7 Å². The van der Waals surface area contributed by atoms with Crippen molar-refractivity contribution in [3.05, 3.63) is 76.2 Å². The van der Waals surface area contributed by atoms with Gasteiger partial charge in [0.1, 0.15) is 6.54 Å². The molecule has 2 amide bonds. The number of rotatable bonds is 5. The predicted octanol–water partition coefficient (Wildman–Crippen LogP) is 4.54. The quantitative estimate of drug-likeness (QED) is 0.723.